The van der Waals surface area contributed by atoms with E-state index in [-0.39, 0.29) is 34.6 Å². The summed E-state index contributed by atoms with van der Waals surface area (Å²) in [7, 11) is 2.11. The first-order valence-electron chi connectivity index (χ1n) is 18.9. The lowest BCUT2D eigenvalue weighted by atomic mass is 9.51. The normalized spacial score (nSPS) is 39.7. The van der Waals surface area contributed by atoms with Gasteiger partial charge < -0.3 is 25.1 Å². The standard InChI is InChI=1S/C39H35F2N5O8S5/c1-6-35-31(49)45-26-15-19-9-10-20(40)16-23(19)36(26,27(47)38(45,57-56-35)32(50)44(35)5)37-24-17-21(41)11-14-25(24)42-29(37)46-30(48)34(3)43(4)33(51)39(46,58-55-34)28(37)54-59(52,53)22-12-7-18(2)8-13-22/h7-14,16-17,26-29,42,47H,6,15H2,1-5H3/t26-,27-,28-,29+,34-,35-,36-,37+,38-,39-/m0/s1. The van der Waals surface area contributed by atoms with Crippen LogP contribution in [-0.2, 0) is 50.7 Å². The number of carbonyl (C=O) groups excluding carboxylic acids is 4. The zero-order chi connectivity index (χ0) is 41.8. The Bertz CT molecular complexity index is 2650. The van der Waals surface area contributed by atoms with E-state index in [9.17, 15) is 13.5 Å². The largest absolute Gasteiger partial charge is 0.388 e. The Morgan fingerprint density at radius 3 is 2.15 bits per heavy atom. The maximum atomic E-state index is 16.2. The number of nitrogens with one attached hydrogen (secondary N) is 1. The Kier molecular flexibility index (Phi) is 7.47. The van der Waals surface area contributed by atoms with Crippen LogP contribution in [0.15, 0.2) is 65.6 Å². The van der Waals surface area contributed by atoms with Crippen LogP contribution in [0.3, 0.4) is 0 Å². The highest BCUT2D eigenvalue weighted by molar-refractivity contribution is 8.78. The molecule has 1 aliphatic carbocycles. The fraction of sp³-hybridized carbons (Fsp3) is 0.436. The lowest BCUT2D eigenvalue weighted by Gasteiger charge is -2.59. The number of hydrogen-bond acceptors (Lipinski definition) is 13. The van der Waals surface area contributed by atoms with E-state index in [1.165, 1.54) is 76.2 Å². The van der Waals surface area contributed by atoms with Crippen LogP contribution in [0.4, 0.5) is 14.5 Å². The maximum Gasteiger partial charge on any atom is 0.297 e. The number of amides is 4. The minimum absolute atomic E-state index is 0.0286. The zero-order valence-electron chi connectivity index (χ0n) is 31.9. The van der Waals surface area contributed by atoms with Gasteiger partial charge in [0.15, 0.2) is 9.74 Å². The average molecular weight is 900 g/mol. The van der Waals surface area contributed by atoms with Crippen molar-refractivity contribution in [2.24, 2.45) is 0 Å². The molecule has 308 valence electrons. The summed E-state index contributed by atoms with van der Waals surface area (Å²) >= 11 is 0. The summed E-state index contributed by atoms with van der Waals surface area (Å²) in [5.74, 6) is -3.92. The van der Waals surface area contributed by atoms with Gasteiger partial charge in [-0.25, -0.2) is 8.78 Å². The van der Waals surface area contributed by atoms with E-state index in [0.717, 1.165) is 54.8 Å². The third kappa shape index (κ3) is 3.85. The highest BCUT2D eigenvalue weighted by atomic mass is 33.1. The van der Waals surface area contributed by atoms with E-state index >= 15 is 28.0 Å². The van der Waals surface area contributed by atoms with Crippen LogP contribution in [0.25, 0.3) is 0 Å². The number of hydrogen-bond donors (Lipinski definition) is 2. The molecule has 2 spiro atoms. The SMILES string of the molecule is CC[C@@]12SS[C@]3(C(=O)N1C)[C@@H](O)[C@]1([C@@]45c6cc(F)ccc6N[C@@H]4N4C(=O)[C@]6(C)SS[C@]4(C(=O)N6C)[C@H]5OS(=O)(=O)c4ccc(C)cc4)c4cc(F)ccc4C[C@@H]1N3C2=O. The third-order valence-electron chi connectivity index (χ3n) is 14.4. The fourth-order valence-electron chi connectivity index (χ4n) is 11.6. The van der Waals surface area contributed by atoms with Crippen LogP contribution < -0.4 is 5.32 Å². The molecule has 10 aliphatic rings. The molecular weight excluding hydrogens is 865 g/mol. The number of piperazine rings is 2. The molecule has 3 aromatic rings. The van der Waals surface area contributed by atoms with E-state index < -0.39 is 100 Å². The van der Waals surface area contributed by atoms with Gasteiger partial charge in [0.25, 0.3) is 33.7 Å². The fourth-order valence-corrected chi connectivity index (χ4v) is 20.4. The van der Waals surface area contributed by atoms with Gasteiger partial charge in [0.05, 0.1) is 21.8 Å². The third-order valence-corrected chi connectivity index (χ3v) is 23.1. The van der Waals surface area contributed by atoms with Crippen molar-refractivity contribution in [3.63, 3.8) is 0 Å². The molecule has 0 radical (unpaired) electrons. The molecule has 13 nitrogen and oxygen atoms in total. The number of rotatable bonds is 5. The summed E-state index contributed by atoms with van der Waals surface area (Å²) in [6, 6.07) is 12.3. The highest BCUT2D eigenvalue weighted by Gasteiger charge is 2.93. The first-order chi connectivity index (χ1) is 27.9. The van der Waals surface area contributed by atoms with Crippen LogP contribution >= 0.6 is 43.2 Å². The monoisotopic (exact) mass is 899 g/mol. The number of likely N-dealkylation sites (N-methyl/N-ethyl adjacent to an activating group) is 2. The molecule has 3 aromatic carbocycles. The number of aliphatic hydroxyl groups is 1. The number of aliphatic hydroxyl groups excluding tert-OH is 1. The maximum absolute atomic E-state index is 16.2. The van der Waals surface area contributed by atoms with Gasteiger partial charge in [-0.2, -0.15) is 8.42 Å². The van der Waals surface area contributed by atoms with Gasteiger partial charge in [-0.05, 0) is 107 Å². The van der Waals surface area contributed by atoms with E-state index in [4.69, 9.17) is 4.18 Å². The summed E-state index contributed by atoms with van der Waals surface area (Å²) in [6.07, 6.45) is -5.35. The molecule has 2 N–H and O–H groups in total. The molecule has 20 heteroatoms. The van der Waals surface area contributed by atoms with Crippen molar-refractivity contribution in [2.75, 3.05) is 19.4 Å². The quantitative estimate of drug-likeness (QED) is 0.281. The molecule has 9 heterocycles. The summed E-state index contributed by atoms with van der Waals surface area (Å²) < 4.78 is 68.8. The van der Waals surface area contributed by atoms with Crippen molar-refractivity contribution in [3.05, 3.63) is 94.6 Å². The minimum atomic E-state index is -4.93. The van der Waals surface area contributed by atoms with Crippen molar-refractivity contribution in [2.45, 2.75) is 93.2 Å². The molecule has 0 unspecified atom stereocenters. The van der Waals surface area contributed by atoms with Crippen LogP contribution in [-0.4, -0.2) is 115 Å². The summed E-state index contributed by atoms with van der Waals surface area (Å²) in [4.78, 5) is 58.7. The zero-order valence-corrected chi connectivity index (χ0v) is 36.0. The predicted molar refractivity (Wildman–Crippen MR) is 217 cm³/mol. The Morgan fingerprint density at radius 2 is 1.46 bits per heavy atom. The molecule has 59 heavy (non-hydrogen) atoms. The second-order valence-corrected chi connectivity index (χ2v) is 23.5. The lowest BCUT2D eigenvalue weighted by molar-refractivity contribution is -0.168. The molecule has 8 saturated heterocycles. The topological polar surface area (TPSA) is 157 Å². The lowest BCUT2D eigenvalue weighted by Crippen LogP contribution is -2.77. The van der Waals surface area contributed by atoms with Crippen molar-refractivity contribution in [1.29, 1.82) is 0 Å². The van der Waals surface area contributed by atoms with Gasteiger partial charge in [-0.15, -0.1) is 0 Å². The van der Waals surface area contributed by atoms with E-state index in [1.54, 1.807) is 32.9 Å². The molecule has 4 amide bonds. The van der Waals surface area contributed by atoms with Gasteiger partial charge in [0, 0.05) is 19.8 Å². The predicted octanol–water partition coefficient (Wildman–Crippen LogP) is 3.89. The van der Waals surface area contributed by atoms with E-state index in [0.29, 0.717) is 5.56 Å². The molecule has 0 saturated carbocycles. The number of fused-ring (bicyclic) bond motifs is 11. The van der Waals surface area contributed by atoms with Crippen LogP contribution in [0, 0.1) is 18.6 Å². The van der Waals surface area contributed by atoms with Crippen molar-refractivity contribution < 1.29 is 45.7 Å². The van der Waals surface area contributed by atoms with Crippen molar-refractivity contribution in [3.8, 4) is 0 Å². The number of nitrogens with zero attached hydrogens (tertiary/aromatic N) is 4. The second-order valence-electron chi connectivity index (χ2n) is 16.6. The number of halogens is 2. The summed E-state index contributed by atoms with van der Waals surface area (Å²) in [6.45, 7) is 5.12. The van der Waals surface area contributed by atoms with Crippen LogP contribution in [0.2, 0.25) is 0 Å². The molecule has 13 rings (SSSR count). The molecular formula is C39H35F2N5O8S5. The number of benzene rings is 3. The molecule has 0 aromatic heterocycles. The van der Waals surface area contributed by atoms with E-state index in [2.05, 4.69) is 5.32 Å². The van der Waals surface area contributed by atoms with Gasteiger partial charge in [0.1, 0.15) is 30.0 Å². The van der Waals surface area contributed by atoms with Gasteiger partial charge in [-0.3, -0.25) is 28.3 Å². The summed E-state index contributed by atoms with van der Waals surface area (Å²) in [5.41, 5.74) is -2.83. The van der Waals surface area contributed by atoms with Crippen LogP contribution in [0.1, 0.15) is 42.5 Å². The van der Waals surface area contributed by atoms with E-state index in [1.807, 2.05) is 0 Å². The minimum Gasteiger partial charge on any atom is -0.388 e. The highest BCUT2D eigenvalue weighted by Crippen LogP contribution is 2.79. The Hall–Kier alpha value is -3.53. The average Bonchev–Trinajstić information content (AvgIpc) is 3.85. The number of carbonyl (C=O) groups is 4. The Balaban J connectivity index is 1.31. The number of anilines is 1. The number of aryl methyl sites for hydroxylation is 1. The first kappa shape index (κ1) is 38.4. The first-order valence-corrected chi connectivity index (χ1v) is 24.6. The molecule has 10 atom stereocenters. The van der Waals surface area contributed by atoms with Crippen LogP contribution in [0.5, 0.6) is 0 Å². The van der Waals surface area contributed by atoms with Crippen molar-refractivity contribution >= 4 is 82.6 Å². The molecule has 8 fully saturated rings. The molecule has 9 aliphatic heterocycles. The van der Waals surface area contributed by atoms with Gasteiger partial charge in [-0.1, -0.05) is 52.3 Å². The molecule has 4 bridgehead atoms. The Morgan fingerprint density at radius 1 is 0.814 bits per heavy atom. The second kappa shape index (κ2) is 11.5. The van der Waals surface area contributed by atoms with Gasteiger partial charge >= 0.3 is 0 Å². The summed E-state index contributed by atoms with van der Waals surface area (Å²) in [5, 5.41) is 17.1. The van der Waals surface area contributed by atoms with Gasteiger partial charge in [0.2, 0.25) is 9.74 Å². The van der Waals surface area contributed by atoms with Crippen molar-refractivity contribution in [1.82, 2.24) is 19.6 Å². The smallest absolute Gasteiger partial charge is 0.297 e. The Labute approximate surface area is 353 Å².